The summed E-state index contributed by atoms with van der Waals surface area (Å²) in [5, 5.41) is 17.3. The van der Waals surface area contributed by atoms with Gasteiger partial charge in [-0.15, -0.1) is 5.11 Å². The smallest absolute Gasteiger partial charge is 0.146 e. The van der Waals surface area contributed by atoms with E-state index in [1.165, 1.54) is 0 Å². The van der Waals surface area contributed by atoms with E-state index in [0.29, 0.717) is 17.1 Å². The molecule has 0 saturated heterocycles. The van der Waals surface area contributed by atoms with E-state index in [-0.39, 0.29) is 5.75 Å². The highest BCUT2D eigenvalue weighted by atomic mass is 16.5. The van der Waals surface area contributed by atoms with Crippen LogP contribution in [0.3, 0.4) is 0 Å². The van der Waals surface area contributed by atoms with E-state index in [1.54, 1.807) is 31.4 Å². The van der Waals surface area contributed by atoms with Gasteiger partial charge in [0.25, 0.3) is 0 Å². The van der Waals surface area contributed by atoms with E-state index >= 15 is 0 Å². The highest BCUT2D eigenvalue weighted by Crippen LogP contribution is 2.28. The van der Waals surface area contributed by atoms with Gasteiger partial charge in [-0.1, -0.05) is 12.1 Å². The maximum absolute atomic E-state index is 9.13. The Morgan fingerprint density at radius 1 is 0.941 bits per heavy atom. The summed E-state index contributed by atoms with van der Waals surface area (Å²) in [5.41, 5.74) is 1.34. The van der Waals surface area contributed by atoms with Crippen LogP contribution in [0.4, 0.5) is 11.4 Å². The molecule has 0 heterocycles. The van der Waals surface area contributed by atoms with Crippen LogP contribution in [0.5, 0.6) is 11.5 Å². The summed E-state index contributed by atoms with van der Waals surface area (Å²) in [6.07, 6.45) is 0. The number of ether oxygens (including phenoxy) is 1. The lowest BCUT2D eigenvalue weighted by molar-refractivity contribution is 0.416. The van der Waals surface area contributed by atoms with Gasteiger partial charge in [0.2, 0.25) is 0 Å². The van der Waals surface area contributed by atoms with Crippen LogP contribution in [0.2, 0.25) is 0 Å². The van der Waals surface area contributed by atoms with Crippen LogP contribution in [0.15, 0.2) is 58.8 Å². The lowest BCUT2D eigenvalue weighted by Gasteiger charge is -2.01. The number of phenolic OH excluding ortho intramolecular Hbond substituents is 1. The normalized spacial score (nSPS) is 10.6. The van der Waals surface area contributed by atoms with Gasteiger partial charge in [0.05, 0.1) is 12.8 Å². The van der Waals surface area contributed by atoms with Gasteiger partial charge < -0.3 is 9.84 Å². The SMILES string of the molecule is COc1ccccc1/N=N/c1ccc(O)cc1. The van der Waals surface area contributed by atoms with Gasteiger partial charge >= 0.3 is 0 Å². The molecule has 0 atom stereocenters. The molecule has 0 aromatic heterocycles. The monoisotopic (exact) mass is 228 g/mol. The Labute approximate surface area is 99.2 Å². The summed E-state index contributed by atoms with van der Waals surface area (Å²) < 4.78 is 5.16. The molecule has 0 unspecified atom stereocenters. The zero-order chi connectivity index (χ0) is 12.1. The van der Waals surface area contributed by atoms with Crippen molar-refractivity contribution in [2.24, 2.45) is 10.2 Å². The molecule has 0 spiro atoms. The van der Waals surface area contributed by atoms with E-state index in [9.17, 15) is 0 Å². The van der Waals surface area contributed by atoms with Crippen molar-refractivity contribution in [3.8, 4) is 11.5 Å². The zero-order valence-electron chi connectivity index (χ0n) is 9.37. The average Bonchev–Trinajstić information content (AvgIpc) is 2.38. The summed E-state index contributed by atoms with van der Waals surface area (Å²) in [6.45, 7) is 0. The van der Waals surface area contributed by atoms with Gasteiger partial charge in [-0.2, -0.15) is 5.11 Å². The van der Waals surface area contributed by atoms with E-state index in [4.69, 9.17) is 9.84 Å². The first-order chi connectivity index (χ1) is 8.29. The van der Waals surface area contributed by atoms with Crippen molar-refractivity contribution in [1.82, 2.24) is 0 Å². The molecule has 0 saturated carbocycles. The molecule has 2 aromatic carbocycles. The maximum Gasteiger partial charge on any atom is 0.146 e. The first-order valence-electron chi connectivity index (χ1n) is 5.13. The molecule has 0 aliphatic carbocycles. The highest BCUT2D eigenvalue weighted by molar-refractivity contribution is 5.51. The third kappa shape index (κ3) is 2.81. The van der Waals surface area contributed by atoms with Crippen LogP contribution in [-0.2, 0) is 0 Å². The Morgan fingerprint density at radius 3 is 2.35 bits per heavy atom. The number of para-hydroxylation sites is 1. The second kappa shape index (κ2) is 5.12. The van der Waals surface area contributed by atoms with Crippen LogP contribution >= 0.6 is 0 Å². The van der Waals surface area contributed by atoms with Gasteiger partial charge in [-0.05, 0) is 36.4 Å². The Hall–Kier alpha value is -2.36. The highest BCUT2D eigenvalue weighted by Gasteiger charge is 1.98. The van der Waals surface area contributed by atoms with Crippen molar-refractivity contribution in [2.75, 3.05) is 7.11 Å². The van der Waals surface area contributed by atoms with Crippen molar-refractivity contribution in [1.29, 1.82) is 0 Å². The number of methoxy groups -OCH3 is 1. The summed E-state index contributed by atoms with van der Waals surface area (Å²) in [5.74, 6) is 0.885. The molecule has 0 aliphatic heterocycles. The fourth-order valence-corrected chi connectivity index (χ4v) is 1.34. The molecule has 2 rings (SSSR count). The molecule has 0 fully saturated rings. The number of rotatable bonds is 3. The largest absolute Gasteiger partial charge is 0.508 e. The standard InChI is InChI=1S/C13H12N2O2/c1-17-13-5-3-2-4-12(13)15-14-10-6-8-11(16)9-7-10/h2-9,16H,1H3/b15-14+. The third-order valence-corrected chi connectivity index (χ3v) is 2.21. The quantitative estimate of drug-likeness (QED) is 0.812. The lowest BCUT2D eigenvalue weighted by atomic mass is 10.3. The van der Waals surface area contributed by atoms with Crippen LogP contribution in [0.1, 0.15) is 0 Å². The molecular formula is C13H12N2O2. The number of benzene rings is 2. The molecule has 0 amide bonds. The minimum absolute atomic E-state index is 0.209. The van der Waals surface area contributed by atoms with Crippen LogP contribution < -0.4 is 4.74 Å². The predicted molar refractivity (Wildman–Crippen MR) is 65.3 cm³/mol. The summed E-state index contributed by atoms with van der Waals surface area (Å²) in [7, 11) is 1.59. The Bertz CT molecular complexity index is 521. The Balaban J connectivity index is 2.22. The summed E-state index contributed by atoms with van der Waals surface area (Å²) in [6, 6.07) is 13.9. The van der Waals surface area contributed by atoms with Gasteiger partial charge in [0.1, 0.15) is 17.2 Å². The number of azo groups is 1. The molecule has 4 heteroatoms. The topological polar surface area (TPSA) is 54.2 Å². The molecule has 1 N–H and O–H groups in total. The first-order valence-corrected chi connectivity index (χ1v) is 5.13. The molecular weight excluding hydrogens is 216 g/mol. The lowest BCUT2D eigenvalue weighted by Crippen LogP contribution is -1.81. The zero-order valence-corrected chi connectivity index (χ0v) is 9.37. The molecule has 0 aliphatic rings. The Morgan fingerprint density at radius 2 is 1.65 bits per heavy atom. The molecule has 0 radical (unpaired) electrons. The van der Waals surface area contributed by atoms with Gasteiger partial charge in [-0.25, -0.2) is 0 Å². The Kier molecular flexibility index (Phi) is 3.35. The van der Waals surface area contributed by atoms with Crippen LogP contribution in [0, 0.1) is 0 Å². The second-order valence-electron chi connectivity index (χ2n) is 3.39. The molecule has 17 heavy (non-hydrogen) atoms. The van der Waals surface area contributed by atoms with Gasteiger partial charge in [-0.3, -0.25) is 0 Å². The number of hydrogen-bond donors (Lipinski definition) is 1. The average molecular weight is 228 g/mol. The minimum Gasteiger partial charge on any atom is -0.508 e. The number of aromatic hydroxyl groups is 1. The predicted octanol–water partition coefficient (Wildman–Crippen LogP) is 3.82. The summed E-state index contributed by atoms with van der Waals surface area (Å²) in [4.78, 5) is 0. The maximum atomic E-state index is 9.13. The van der Waals surface area contributed by atoms with Crippen molar-refractivity contribution in [3.63, 3.8) is 0 Å². The minimum atomic E-state index is 0.209. The van der Waals surface area contributed by atoms with E-state index in [0.717, 1.165) is 0 Å². The first kappa shape index (κ1) is 11.1. The van der Waals surface area contributed by atoms with Crippen molar-refractivity contribution >= 4 is 11.4 Å². The van der Waals surface area contributed by atoms with Crippen LogP contribution in [-0.4, -0.2) is 12.2 Å². The van der Waals surface area contributed by atoms with Crippen molar-refractivity contribution in [3.05, 3.63) is 48.5 Å². The molecule has 2 aromatic rings. The number of hydrogen-bond acceptors (Lipinski definition) is 4. The van der Waals surface area contributed by atoms with Crippen molar-refractivity contribution in [2.45, 2.75) is 0 Å². The fourth-order valence-electron chi connectivity index (χ4n) is 1.34. The molecule has 0 bridgehead atoms. The summed E-state index contributed by atoms with van der Waals surface area (Å²) >= 11 is 0. The fraction of sp³-hybridized carbons (Fsp3) is 0.0769. The van der Waals surface area contributed by atoms with E-state index < -0.39 is 0 Å². The number of phenols is 1. The molecule has 86 valence electrons. The van der Waals surface area contributed by atoms with E-state index in [1.807, 2.05) is 24.3 Å². The number of nitrogens with zero attached hydrogens (tertiary/aromatic N) is 2. The van der Waals surface area contributed by atoms with Crippen LogP contribution in [0.25, 0.3) is 0 Å². The van der Waals surface area contributed by atoms with Gasteiger partial charge in [0, 0.05) is 0 Å². The van der Waals surface area contributed by atoms with Crippen molar-refractivity contribution < 1.29 is 9.84 Å². The molecule has 4 nitrogen and oxygen atoms in total. The second-order valence-corrected chi connectivity index (χ2v) is 3.39. The van der Waals surface area contributed by atoms with Gasteiger partial charge in [0.15, 0.2) is 0 Å². The third-order valence-electron chi connectivity index (χ3n) is 2.21. The van der Waals surface area contributed by atoms with E-state index in [2.05, 4.69) is 10.2 Å².